The number of hydrogen-bond acceptors (Lipinski definition) is 6. The van der Waals surface area contributed by atoms with Gasteiger partial charge in [-0.05, 0) is 12.1 Å². The Balaban J connectivity index is 1.63. The van der Waals surface area contributed by atoms with E-state index in [-0.39, 0.29) is 13.0 Å². The number of aromatic amines is 1. The Morgan fingerprint density at radius 1 is 1.47 bits per heavy atom. The van der Waals surface area contributed by atoms with Crippen LogP contribution in [0.2, 0.25) is 5.02 Å². The quantitative estimate of drug-likeness (QED) is 0.510. The highest BCUT2D eigenvalue weighted by atomic mass is 35.5. The average Bonchev–Trinajstić information content (AvgIpc) is 3.29. The van der Waals surface area contributed by atoms with Gasteiger partial charge >= 0.3 is 0 Å². The smallest absolute Gasteiger partial charge is 0.275 e. The largest absolute Gasteiger partial charge is 0.391 e. The van der Waals surface area contributed by atoms with Crippen LogP contribution >= 0.6 is 20.8 Å². The zero-order valence-corrected chi connectivity index (χ0v) is 17.4. The van der Waals surface area contributed by atoms with E-state index >= 15 is 0 Å². The van der Waals surface area contributed by atoms with Crippen molar-refractivity contribution in [2.24, 2.45) is 0 Å². The van der Waals surface area contributed by atoms with E-state index in [1.807, 2.05) is 0 Å². The molecule has 3 N–H and O–H groups in total. The van der Waals surface area contributed by atoms with Crippen molar-refractivity contribution in [3.05, 3.63) is 35.7 Å². The molecule has 0 spiro atoms. The van der Waals surface area contributed by atoms with Gasteiger partial charge in [0.25, 0.3) is 5.66 Å². The molecule has 0 aromatic carbocycles. The molecule has 158 valence electrons. The Hall–Kier alpha value is -2.42. The van der Waals surface area contributed by atoms with Crippen molar-refractivity contribution in [1.82, 2.24) is 25.3 Å². The highest BCUT2D eigenvalue weighted by Crippen LogP contribution is 2.30. The Kier molecular flexibility index (Phi) is 5.57. The molecule has 4 rings (SSSR count). The van der Waals surface area contributed by atoms with Gasteiger partial charge in [0, 0.05) is 42.5 Å². The number of aromatic nitrogens is 4. The van der Waals surface area contributed by atoms with Crippen molar-refractivity contribution in [3.8, 4) is 11.4 Å². The third-order valence-electron chi connectivity index (χ3n) is 4.75. The zero-order valence-electron chi connectivity index (χ0n) is 15.5. The number of alkyl halides is 2. The van der Waals surface area contributed by atoms with E-state index in [4.69, 9.17) is 11.6 Å². The number of aliphatic hydroxyl groups excluding tert-OH is 1. The number of fused-ring (bicyclic) bond motifs is 1. The molecule has 0 saturated carbocycles. The summed E-state index contributed by atoms with van der Waals surface area (Å²) in [6.07, 6.45) is 4.09. The lowest BCUT2D eigenvalue weighted by Gasteiger charge is -2.25. The van der Waals surface area contributed by atoms with Crippen LogP contribution in [0.15, 0.2) is 30.7 Å². The number of rotatable bonds is 5. The van der Waals surface area contributed by atoms with E-state index in [1.165, 1.54) is 21.6 Å². The fourth-order valence-corrected chi connectivity index (χ4v) is 3.70. The fourth-order valence-electron chi connectivity index (χ4n) is 3.44. The van der Waals surface area contributed by atoms with Crippen LogP contribution in [0, 0.1) is 0 Å². The number of carbonyl (C=O) groups is 1. The van der Waals surface area contributed by atoms with Gasteiger partial charge in [0.1, 0.15) is 17.5 Å². The van der Waals surface area contributed by atoms with E-state index in [9.17, 15) is 18.7 Å². The van der Waals surface area contributed by atoms with Crippen LogP contribution in [0.1, 0.15) is 6.42 Å². The standard InChI is InChI=1S/C18H18ClF2N6O2P/c19-9-3-11-12(6-24-15(11)23-5-9)16-22-2-1-14(26-16)27-7-10(28)4-13(27)17(29)25-8-18(20,21)30/h1-3,5-6,10,13,28H,4,7-8,30H2,(H,23,24)(H,25,29)/t10-,13-/m1/s1. The summed E-state index contributed by atoms with van der Waals surface area (Å²) in [5, 5.41) is 13.5. The van der Waals surface area contributed by atoms with Crippen molar-refractivity contribution in [2.75, 3.05) is 18.0 Å². The molecule has 1 aliphatic heterocycles. The first-order chi connectivity index (χ1) is 14.2. The minimum Gasteiger partial charge on any atom is -0.391 e. The van der Waals surface area contributed by atoms with Gasteiger partial charge in [0.2, 0.25) is 5.91 Å². The molecule has 3 atom stereocenters. The summed E-state index contributed by atoms with van der Waals surface area (Å²) < 4.78 is 26.2. The number of anilines is 1. The van der Waals surface area contributed by atoms with E-state index in [1.54, 1.807) is 23.2 Å². The number of halogens is 3. The number of aliphatic hydroxyl groups is 1. The topological polar surface area (TPSA) is 107 Å². The maximum atomic E-state index is 13.1. The summed E-state index contributed by atoms with van der Waals surface area (Å²) in [5.41, 5.74) is -1.81. The summed E-state index contributed by atoms with van der Waals surface area (Å²) in [5.74, 6) is 0.176. The molecular weight excluding hydrogens is 437 g/mol. The lowest BCUT2D eigenvalue weighted by atomic mass is 10.2. The molecule has 8 nitrogen and oxygen atoms in total. The molecule has 0 radical (unpaired) electrons. The van der Waals surface area contributed by atoms with Crippen LogP contribution in [0.4, 0.5) is 14.6 Å². The van der Waals surface area contributed by atoms with Crippen molar-refractivity contribution < 1.29 is 18.7 Å². The average molecular weight is 455 g/mol. The van der Waals surface area contributed by atoms with Gasteiger partial charge in [-0.2, -0.15) is 0 Å². The van der Waals surface area contributed by atoms with Crippen LogP contribution in [0.3, 0.4) is 0 Å². The van der Waals surface area contributed by atoms with Crippen LogP contribution in [-0.4, -0.2) is 61.8 Å². The van der Waals surface area contributed by atoms with Gasteiger partial charge in [-0.3, -0.25) is 4.79 Å². The Morgan fingerprint density at radius 3 is 3.03 bits per heavy atom. The predicted molar refractivity (Wildman–Crippen MR) is 112 cm³/mol. The highest BCUT2D eigenvalue weighted by Gasteiger charge is 2.38. The van der Waals surface area contributed by atoms with Gasteiger partial charge in [-0.25, -0.2) is 23.7 Å². The molecule has 3 aromatic heterocycles. The predicted octanol–water partition coefficient (Wildman–Crippen LogP) is 2.20. The number of carbonyl (C=O) groups excluding carboxylic acids is 1. The van der Waals surface area contributed by atoms with E-state index in [2.05, 4.69) is 25.3 Å². The van der Waals surface area contributed by atoms with Gasteiger partial charge in [-0.1, -0.05) is 20.8 Å². The van der Waals surface area contributed by atoms with Crippen molar-refractivity contribution >= 4 is 43.6 Å². The second-order valence-electron chi connectivity index (χ2n) is 7.03. The number of pyridine rings is 1. The Labute approximate surface area is 177 Å². The number of β-amino-alcohol motifs (C(OH)–C–C–N with tert-alkyl or cyclic N) is 1. The first-order valence-electron chi connectivity index (χ1n) is 9.06. The van der Waals surface area contributed by atoms with Crippen molar-refractivity contribution in [3.63, 3.8) is 0 Å². The second-order valence-corrected chi connectivity index (χ2v) is 8.31. The molecule has 1 unspecified atom stereocenters. The third-order valence-corrected chi connectivity index (χ3v) is 5.16. The van der Waals surface area contributed by atoms with Crippen LogP contribution in [0.25, 0.3) is 22.4 Å². The number of nitrogens with one attached hydrogen (secondary N) is 2. The summed E-state index contributed by atoms with van der Waals surface area (Å²) >= 11 is 6.05. The molecular formula is C18H18ClF2N6O2P. The van der Waals surface area contributed by atoms with Crippen LogP contribution in [-0.2, 0) is 4.79 Å². The lowest BCUT2D eigenvalue weighted by Crippen LogP contribution is -2.46. The number of hydrogen-bond donors (Lipinski definition) is 3. The summed E-state index contributed by atoms with van der Waals surface area (Å²) in [4.78, 5) is 30.1. The Morgan fingerprint density at radius 2 is 2.27 bits per heavy atom. The Bertz CT molecular complexity index is 1090. The summed E-state index contributed by atoms with van der Waals surface area (Å²) in [7, 11) is 1.38. The van der Waals surface area contributed by atoms with E-state index < -0.39 is 30.3 Å². The lowest BCUT2D eigenvalue weighted by molar-refractivity contribution is -0.123. The van der Waals surface area contributed by atoms with Crippen molar-refractivity contribution in [1.29, 1.82) is 0 Å². The fraction of sp³-hybridized carbons (Fsp3) is 0.333. The van der Waals surface area contributed by atoms with Crippen molar-refractivity contribution in [2.45, 2.75) is 24.2 Å². The molecule has 1 saturated heterocycles. The molecule has 1 aliphatic rings. The van der Waals surface area contributed by atoms with Crippen LogP contribution < -0.4 is 10.2 Å². The maximum Gasteiger partial charge on any atom is 0.275 e. The highest BCUT2D eigenvalue weighted by molar-refractivity contribution is 7.18. The summed E-state index contributed by atoms with van der Waals surface area (Å²) in [6, 6.07) is 2.52. The molecule has 3 aromatic rings. The number of amides is 1. The summed E-state index contributed by atoms with van der Waals surface area (Å²) in [6.45, 7) is -0.665. The van der Waals surface area contributed by atoms with Gasteiger partial charge < -0.3 is 20.3 Å². The zero-order chi connectivity index (χ0) is 21.5. The maximum absolute atomic E-state index is 13.1. The molecule has 0 bridgehead atoms. The molecule has 0 aliphatic carbocycles. The number of nitrogens with zero attached hydrogens (tertiary/aromatic N) is 4. The molecule has 4 heterocycles. The normalized spacial score (nSPS) is 19.4. The first-order valence-corrected chi connectivity index (χ1v) is 10.0. The molecule has 1 amide bonds. The SMILES string of the molecule is O=C(NCC(F)(F)P)[C@H]1C[C@@H](O)CN1c1ccnc(-c2c[nH]c3ncc(Cl)cc23)n1. The second kappa shape index (κ2) is 8.02. The van der Waals surface area contributed by atoms with Gasteiger partial charge in [0.05, 0.1) is 17.7 Å². The molecule has 1 fully saturated rings. The van der Waals surface area contributed by atoms with Gasteiger partial charge in [-0.15, -0.1) is 0 Å². The number of H-pyrrole nitrogens is 1. The van der Waals surface area contributed by atoms with E-state index in [0.717, 1.165) is 5.39 Å². The minimum absolute atomic E-state index is 0.111. The minimum atomic E-state index is -3.11. The molecule has 30 heavy (non-hydrogen) atoms. The van der Waals surface area contributed by atoms with Crippen LogP contribution in [0.5, 0.6) is 0 Å². The van der Waals surface area contributed by atoms with Gasteiger partial charge in [0.15, 0.2) is 5.82 Å². The monoisotopic (exact) mass is 454 g/mol. The van der Waals surface area contributed by atoms with E-state index in [0.29, 0.717) is 27.9 Å². The third kappa shape index (κ3) is 4.35. The first kappa shape index (κ1) is 20.8. The molecule has 12 heteroatoms.